The summed E-state index contributed by atoms with van der Waals surface area (Å²) in [6.45, 7) is 0. The summed E-state index contributed by atoms with van der Waals surface area (Å²) in [6.07, 6.45) is 6.85. The monoisotopic (exact) mass is 748 g/mol. The number of aromatic nitrogens is 2. The summed E-state index contributed by atoms with van der Waals surface area (Å²) in [6, 6.07) is 67.4. The van der Waals surface area contributed by atoms with Gasteiger partial charge in [0.25, 0.3) is 0 Å². The smallest absolute Gasteiger partial charge is 0.248 e. The van der Waals surface area contributed by atoms with Crippen LogP contribution in [0.25, 0.3) is 45.2 Å². The molecule has 0 aliphatic heterocycles. The molecule has 1 heterocycles. The molecule has 0 saturated heterocycles. The average Bonchev–Trinajstić information content (AvgIpc) is 3.79. The zero-order chi connectivity index (χ0) is 38.3. The highest BCUT2D eigenvalue weighted by atomic mass is 16.4. The van der Waals surface area contributed by atoms with E-state index in [4.69, 9.17) is 4.42 Å². The predicted octanol–water partition coefficient (Wildman–Crippen LogP) is 13.2. The maximum Gasteiger partial charge on any atom is 0.248 e. The molecule has 280 valence electrons. The Morgan fingerprint density at radius 1 is 0.362 bits per heavy atom. The van der Waals surface area contributed by atoms with E-state index in [0.717, 1.165) is 34.1 Å². The van der Waals surface area contributed by atoms with E-state index >= 15 is 0 Å². The second-order valence-corrected chi connectivity index (χ2v) is 17.4. The van der Waals surface area contributed by atoms with Crippen LogP contribution in [0.4, 0.5) is 0 Å². The topological polar surface area (TPSA) is 38.9 Å². The first-order valence-corrected chi connectivity index (χ1v) is 21.2. The molecule has 4 saturated carbocycles. The van der Waals surface area contributed by atoms with Crippen molar-refractivity contribution in [2.45, 2.75) is 42.9 Å². The number of hydrogen-bond donors (Lipinski definition) is 0. The molecule has 1 spiro atoms. The molecule has 8 aromatic rings. The van der Waals surface area contributed by atoms with Crippen LogP contribution in [-0.4, -0.2) is 10.2 Å². The van der Waals surface area contributed by atoms with Gasteiger partial charge in [-0.05, 0) is 148 Å². The van der Waals surface area contributed by atoms with Gasteiger partial charge in [-0.2, -0.15) is 0 Å². The summed E-state index contributed by atoms with van der Waals surface area (Å²) in [5.41, 5.74) is 14.8. The summed E-state index contributed by atoms with van der Waals surface area (Å²) in [5.74, 6) is 4.13. The largest absolute Gasteiger partial charge is 0.416 e. The van der Waals surface area contributed by atoms with E-state index in [1.165, 1.54) is 65.5 Å². The molecule has 7 aromatic carbocycles. The fourth-order valence-corrected chi connectivity index (χ4v) is 12.6. The molecule has 0 amide bonds. The van der Waals surface area contributed by atoms with E-state index < -0.39 is 5.41 Å². The van der Waals surface area contributed by atoms with Crippen molar-refractivity contribution in [2.24, 2.45) is 23.7 Å². The molecule has 13 rings (SSSR count). The van der Waals surface area contributed by atoms with Gasteiger partial charge >= 0.3 is 0 Å². The van der Waals surface area contributed by atoms with Gasteiger partial charge in [-0.15, -0.1) is 10.2 Å². The molecule has 0 radical (unpaired) electrons. The Bertz CT molecular complexity index is 2740. The maximum atomic E-state index is 6.17. The van der Waals surface area contributed by atoms with Gasteiger partial charge in [0.1, 0.15) is 0 Å². The number of benzene rings is 7. The van der Waals surface area contributed by atoms with Crippen LogP contribution in [0.2, 0.25) is 0 Å². The van der Waals surface area contributed by atoms with Gasteiger partial charge in [-0.3, -0.25) is 0 Å². The Kier molecular flexibility index (Phi) is 7.64. The molecule has 0 unspecified atom stereocenters. The zero-order valence-electron chi connectivity index (χ0n) is 32.5. The number of rotatable bonds is 6. The molecule has 5 aliphatic rings. The van der Waals surface area contributed by atoms with Crippen molar-refractivity contribution in [1.82, 2.24) is 10.2 Å². The van der Waals surface area contributed by atoms with Crippen LogP contribution >= 0.6 is 0 Å². The minimum atomic E-state index is -0.473. The highest BCUT2D eigenvalue weighted by molar-refractivity contribution is 5.79. The van der Waals surface area contributed by atoms with Crippen LogP contribution in [0.1, 0.15) is 65.5 Å². The van der Waals surface area contributed by atoms with Gasteiger partial charge in [-0.25, -0.2) is 0 Å². The highest BCUT2D eigenvalue weighted by Gasteiger charge is 2.63. The minimum absolute atomic E-state index is 0.0162. The lowest BCUT2D eigenvalue weighted by Gasteiger charge is -2.65. The van der Waals surface area contributed by atoms with Crippen LogP contribution < -0.4 is 0 Å². The standard InChI is InChI=1S/C55H44N2O/c1-4-14-38(15-5-1)52-56-57-53(58-52)43-19-13-18-41(34-43)39-16-12-17-40(33-39)42-26-27-50-51(35-42)54(44-20-6-2-7-21-44,45-22-8-3-9-23-45)48-24-10-11-25-49(48)55(50)46-29-36-28-37(31-46)32-47(55)30-36/h1-27,33-37,46-47H,28-32H2. The summed E-state index contributed by atoms with van der Waals surface area (Å²) in [5, 5.41) is 8.79. The lowest BCUT2D eigenvalue weighted by molar-refractivity contribution is -0.0440. The van der Waals surface area contributed by atoms with E-state index in [1.807, 2.05) is 36.4 Å². The maximum absolute atomic E-state index is 6.17. The molecule has 0 N–H and O–H groups in total. The molecule has 4 bridgehead atoms. The molecule has 4 fully saturated rings. The summed E-state index contributed by atoms with van der Waals surface area (Å²) >= 11 is 0. The summed E-state index contributed by atoms with van der Waals surface area (Å²) < 4.78 is 6.17. The molecule has 58 heavy (non-hydrogen) atoms. The first kappa shape index (κ1) is 33.8. The van der Waals surface area contributed by atoms with Crippen molar-refractivity contribution in [3.05, 3.63) is 215 Å². The molecular weight excluding hydrogens is 705 g/mol. The summed E-state index contributed by atoms with van der Waals surface area (Å²) in [4.78, 5) is 0. The van der Waals surface area contributed by atoms with Crippen molar-refractivity contribution >= 4 is 0 Å². The van der Waals surface area contributed by atoms with Crippen molar-refractivity contribution in [3.8, 4) is 45.2 Å². The highest BCUT2D eigenvalue weighted by Crippen LogP contribution is 2.70. The third kappa shape index (κ3) is 4.92. The Labute approximate surface area is 340 Å². The third-order valence-electron chi connectivity index (χ3n) is 14.6. The third-order valence-corrected chi connectivity index (χ3v) is 14.6. The normalized spacial score (nSPS) is 23.4. The van der Waals surface area contributed by atoms with Crippen LogP contribution in [0.15, 0.2) is 186 Å². The first-order chi connectivity index (χ1) is 28.7. The van der Waals surface area contributed by atoms with Crippen LogP contribution in [0, 0.1) is 23.7 Å². The second-order valence-electron chi connectivity index (χ2n) is 17.4. The fraction of sp³-hybridized carbons (Fsp3) is 0.200. The Morgan fingerprint density at radius 2 is 0.810 bits per heavy atom. The van der Waals surface area contributed by atoms with E-state index in [-0.39, 0.29) is 5.41 Å². The van der Waals surface area contributed by atoms with Crippen molar-refractivity contribution in [1.29, 1.82) is 0 Å². The fourth-order valence-electron chi connectivity index (χ4n) is 12.6. The average molecular weight is 749 g/mol. The van der Waals surface area contributed by atoms with Crippen molar-refractivity contribution < 1.29 is 4.42 Å². The molecule has 3 heteroatoms. The van der Waals surface area contributed by atoms with E-state index in [0.29, 0.717) is 23.6 Å². The molecular formula is C55H44N2O. The molecule has 3 nitrogen and oxygen atoms in total. The van der Waals surface area contributed by atoms with Gasteiger partial charge < -0.3 is 4.42 Å². The number of hydrogen-bond acceptors (Lipinski definition) is 3. The van der Waals surface area contributed by atoms with E-state index in [2.05, 4.69) is 156 Å². The van der Waals surface area contributed by atoms with Gasteiger partial charge in [0, 0.05) is 16.5 Å². The number of fused-ring (bicyclic) bond motifs is 2. The van der Waals surface area contributed by atoms with E-state index in [1.54, 1.807) is 11.1 Å². The SMILES string of the molecule is c1ccc(-c2nnc(-c3cccc(-c4cccc(-c5ccc6c(c5)C(c5ccccc5)(c5ccccc5)c5ccccc5C65C6CC7CC(C6)CC5C7)c4)c3)o2)cc1. The molecule has 1 aromatic heterocycles. The van der Waals surface area contributed by atoms with Crippen molar-refractivity contribution in [3.63, 3.8) is 0 Å². The molecule has 0 atom stereocenters. The lowest BCUT2D eigenvalue weighted by Crippen LogP contribution is -2.59. The van der Waals surface area contributed by atoms with Crippen LogP contribution in [0.5, 0.6) is 0 Å². The Morgan fingerprint density at radius 3 is 1.41 bits per heavy atom. The quantitative estimate of drug-likeness (QED) is 0.170. The molecule has 5 aliphatic carbocycles. The van der Waals surface area contributed by atoms with Gasteiger partial charge in [0.2, 0.25) is 11.8 Å². The second kappa shape index (κ2) is 13.1. The minimum Gasteiger partial charge on any atom is -0.416 e. The van der Waals surface area contributed by atoms with Crippen molar-refractivity contribution in [2.75, 3.05) is 0 Å². The summed E-state index contributed by atoms with van der Waals surface area (Å²) in [7, 11) is 0. The van der Waals surface area contributed by atoms with Gasteiger partial charge in [0.05, 0.1) is 5.41 Å². The first-order valence-electron chi connectivity index (χ1n) is 21.2. The van der Waals surface area contributed by atoms with Gasteiger partial charge in [0.15, 0.2) is 0 Å². The Hall–Kier alpha value is -6.32. The van der Waals surface area contributed by atoms with Gasteiger partial charge in [-0.1, -0.05) is 146 Å². The number of nitrogens with zero attached hydrogens (tertiary/aromatic N) is 2. The Balaban J connectivity index is 1.04. The van der Waals surface area contributed by atoms with Crippen LogP contribution in [0.3, 0.4) is 0 Å². The lowest BCUT2D eigenvalue weighted by atomic mass is 9.38. The van der Waals surface area contributed by atoms with E-state index in [9.17, 15) is 0 Å². The van der Waals surface area contributed by atoms with Crippen LogP contribution in [-0.2, 0) is 10.8 Å². The zero-order valence-corrected chi connectivity index (χ0v) is 32.5. The predicted molar refractivity (Wildman–Crippen MR) is 232 cm³/mol.